The van der Waals surface area contributed by atoms with Crippen LogP contribution in [0.4, 0.5) is 0 Å². The van der Waals surface area contributed by atoms with Gasteiger partial charge in [0.05, 0.1) is 17.7 Å². The minimum atomic E-state index is -0.377. The quantitative estimate of drug-likeness (QED) is 0.776. The van der Waals surface area contributed by atoms with Gasteiger partial charge in [0.1, 0.15) is 0 Å². The number of fused-ring (bicyclic) bond motifs is 1. The number of aryl methyl sites for hydroxylation is 2. The molecule has 0 aliphatic heterocycles. The molecule has 0 aromatic carbocycles. The minimum Gasteiger partial charge on any atom is -0.466 e. The van der Waals surface area contributed by atoms with Crippen LogP contribution in [-0.4, -0.2) is 22.8 Å². The largest absolute Gasteiger partial charge is 0.466 e. The van der Waals surface area contributed by atoms with Crippen molar-refractivity contribution in [2.45, 2.75) is 40.0 Å². The van der Waals surface area contributed by atoms with Crippen LogP contribution in [0.5, 0.6) is 0 Å². The van der Waals surface area contributed by atoms with Crippen molar-refractivity contribution < 1.29 is 9.53 Å². The van der Waals surface area contributed by atoms with Crippen molar-refractivity contribution in [1.82, 2.24) is 10.2 Å². The Bertz CT molecular complexity index is 411. The molecule has 4 heteroatoms. The number of aromatic amines is 1. The number of carbonyl (C=O) groups excluding carboxylic acids is 1. The van der Waals surface area contributed by atoms with Crippen molar-refractivity contribution in [2.24, 2.45) is 5.41 Å². The lowest BCUT2D eigenvalue weighted by Gasteiger charge is -2.30. The SMILES string of the molecule is CCOC(=O)C1(C)CCc2n[nH]c(C)c2C1. The average Bonchev–Trinajstić information content (AvgIpc) is 2.61. The Labute approximate surface area is 95.4 Å². The third-order valence-electron chi connectivity index (χ3n) is 3.41. The average molecular weight is 222 g/mol. The number of nitrogens with one attached hydrogen (secondary N) is 1. The van der Waals surface area contributed by atoms with Crippen LogP contribution in [0.2, 0.25) is 0 Å². The first-order valence-electron chi connectivity index (χ1n) is 5.77. The van der Waals surface area contributed by atoms with E-state index in [-0.39, 0.29) is 11.4 Å². The van der Waals surface area contributed by atoms with Gasteiger partial charge in [-0.3, -0.25) is 9.89 Å². The lowest BCUT2D eigenvalue weighted by molar-refractivity contribution is -0.155. The van der Waals surface area contributed by atoms with Crippen LogP contribution in [0.3, 0.4) is 0 Å². The summed E-state index contributed by atoms with van der Waals surface area (Å²) in [5.41, 5.74) is 3.00. The number of ether oxygens (including phenoxy) is 1. The Morgan fingerprint density at radius 2 is 2.38 bits per heavy atom. The van der Waals surface area contributed by atoms with Gasteiger partial charge in [0.25, 0.3) is 0 Å². The number of hydrogen-bond acceptors (Lipinski definition) is 3. The Hall–Kier alpha value is -1.32. The van der Waals surface area contributed by atoms with Crippen molar-refractivity contribution in [3.63, 3.8) is 0 Å². The predicted octanol–water partition coefficient (Wildman–Crippen LogP) is 1.78. The molecule has 1 aromatic heterocycles. The Kier molecular flexibility index (Phi) is 2.74. The van der Waals surface area contributed by atoms with E-state index in [2.05, 4.69) is 10.2 Å². The summed E-state index contributed by atoms with van der Waals surface area (Å²) in [7, 11) is 0. The van der Waals surface area contributed by atoms with E-state index in [4.69, 9.17) is 4.74 Å². The van der Waals surface area contributed by atoms with Gasteiger partial charge in [-0.25, -0.2) is 0 Å². The van der Waals surface area contributed by atoms with Crippen LogP contribution in [0.1, 0.15) is 37.2 Å². The fraction of sp³-hybridized carbons (Fsp3) is 0.667. The second-order valence-electron chi connectivity index (χ2n) is 4.73. The van der Waals surface area contributed by atoms with Crippen LogP contribution in [-0.2, 0) is 22.4 Å². The zero-order chi connectivity index (χ0) is 11.8. The molecule has 1 heterocycles. The fourth-order valence-electron chi connectivity index (χ4n) is 2.30. The van der Waals surface area contributed by atoms with Gasteiger partial charge in [0.15, 0.2) is 0 Å². The number of hydrogen-bond donors (Lipinski definition) is 1. The van der Waals surface area contributed by atoms with Crippen molar-refractivity contribution in [1.29, 1.82) is 0 Å². The van der Waals surface area contributed by atoms with Gasteiger partial charge < -0.3 is 4.74 Å². The Balaban J connectivity index is 2.23. The third kappa shape index (κ3) is 1.72. The minimum absolute atomic E-state index is 0.0822. The molecule has 1 atom stereocenters. The number of rotatable bonds is 2. The highest BCUT2D eigenvalue weighted by Crippen LogP contribution is 2.36. The summed E-state index contributed by atoms with van der Waals surface area (Å²) in [6.07, 6.45) is 2.42. The first kappa shape index (κ1) is 11.2. The molecule has 0 spiro atoms. The summed E-state index contributed by atoms with van der Waals surface area (Å²) >= 11 is 0. The van der Waals surface area contributed by atoms with Gasteiger partial charge in [-0.05, 0) is 45.6 Å². The topological polar surface area (TPSA) is 55.0 Å². The summed E-state index contributed by atoms with van der Waals surface area (Å²) in [4.78, 5) is 11.9. The third-order valence-corrected chi connectivity index (χ3v) is 3.41. The molecule has 1 aromatic rings. The second-order valence-corrected chi connectivity index (χ2v) is 4.73. The van der Waals surface area contributed by atoms with Gasteiger partial charge in [0.2, 0.25) is 0 Å². The lowest BCUT2D eigenvalue weighted by atomic mass is 9.74. The molecule has 0 saturated heterocycles. The molecule has 1 aliphatic carbocycles. The second kappa shape index (κ2) is 3.92. The van der Waals surface area contributed by atoms with Gasteiger partial charge in [-0.15, -0.1) is 0 Å². The van der Waals surface area contributed by atoms with Crippen molar-refractivity contribution >= 4 is 5.97 Å². The van der Waals surface area contributed by atoms with Gasteiger partial charge in [-0.2, -0.15) is 5.10 Å². The molecule has 1 N–H and O–H groups in total. The zero-order valence-corrected chi connectivity index (χ0v) is 10.1. The number of H-pyrrole nitrogens is 1. The highest BCUT2D eigenvalue weighted by Gasteiger charge is 2.39. The van der Waals surface area contributed by atoms with E-state index in [1.165, 1.54) is 5.56 Å². The van der Waals surface area contributed by atoms with E-state index in [1.807, 2.05) is 20.8 Å². The van der Waals surface area contributed by atoms with Crippen molar-refractivity contribution in [2.75, 3.05) is 6.61 Å². The molecule has 1 aliphatic rings. The molecule has 16 heavy (non-hydrogen) atoms. The molecule has 0 saturated carbocycles. The van der Waals surface area contributed by atoms with Crippen LogP contribution >= 0.6 is 0 Å². The maximum absolute atomic E-state index is 11.9. The summed E-state index contributed by atoms with van der Waals surface area (Å²) in [6, 6.07) is 0. The standard InChI is InChI=1S/C12H18N2O2/c1-4-16-11(15)12(3)6-5-10-9(7-12)8(2)13-14-10/h4-7H2,1-3H3,(H,13,14). The zero-order valence-electron chi connectivity index (χ0n) is 10.1. The molecule has 88 valence electrons. The van der Waals surface area contributed by atoms with Crippen LogP contribution in [0, 0.1) is 12.3 Å². The Morgan fingerprint density at radius 3 is 3.06 bits per heavy atom. The van der Waals surface area contributed by atoms with E-state index >= 15 is 0 Å². The van der Waals surface area contributed by atoms with Crippen molar-refractivity contribution in [3.05, 3.63) is 17.0 Å². The number of carbonyl (C=O) groups is 1. The van der Waals surface area contributed by atoms with E-state index in [0.717, 1.165) is 30.7 Å². The van der Waals surface area contributed by atoms with E-state index in [9.17, 15) is 4.79 Å². The summed E-state index contributed by atoms with van der Waals surface area (Å²) in [6.45, 7) is 6.29. The molecule has 4 nitrogen and oxygen atoms in total. The van der Waals surface area contributed by atoms with Crippen LogP contribution < -0.4 is 0 Å². The van der Waals surface area contributed by atoms with E-state index < -0.39 is 0 Å². The van der Waals surface area contributed by atoms with E-state index in [0.29, 0.717) is 6.61 Å². The smallest absolute Gasteiger partial charge is 0.312 e. The number of nitrogens with zero attached hydrogens (tertiary/aromatic N) is 1. The maximum Gasteiger partial charge on any atom is 0.312 e. The first-order chi connectivity index (χ1) is 7.57. The van der Waals surface area contributed by atoms with E-state index in [1.54, 1.807) is 0 Å². The molecule has 0 bridgehead atoms. The molecular weight excluding hydrogens is 204 g/mol. The molecule has 1 unspecified atom stereocenters. The van der Waals surface area contributed by atoms with Crippen LogP contribution in [0.25, 0.3) is 0 Å². The number of aromatic nitrogens is 2. The normalized spacial score (nSPS) is 23.9. The fourth-order valence-corrected chi connectivity index (χ4v) is 2.30. The maximum atomic E-state index is 11.9. The van der Waals surface area contributed by atoms with Crippen LogP contribution in [0.15, 0.2) is 0 Å². The highest BCUT2D eigenvalue weighted by atomic mass is 16.5. The molecule has 0 amide bonds. The summed E-state index contributed by atoms with van der Waals surface area (Å²) in [5, 5.41) is 7.24. The Morgan fingerprint density at radius 1 is 1.62 bits per heavy atom. The molecule has 0 radical (unpaired) electrons. The predicted molar refractivity (Wildman–Crippen MR) is 60.1 cm³/mol. The summed E-state index contributed by atoms with van der Waals surface area (Å²) < 4.78 is 5.15. The van der Waals surface area contributed by atoms with Gasteiger partial charge >= 0.3 is 5.97 Å². The molecular formula is C12H18N2O2. The monoisotopic (exact) mass is 222 g/mol. The van der Waals surface area contributed by atoms with Crippen molar-refractivity contribution in [3.8, 4) is 0 Å². The summed E-state index contributed by atoms with van der Waals surface area (Å²) in [5.74, 6) is -0.0822. The highest BCUT2D eigenvalue weighted by molar-refractivity contribution is 5.77. The first-order valence-corrected chi connectivity index (χ1v) is 5.77. The lowest BCUT2D eigenvalue weighted by Crippen LogP contribution is -2.35. The van der Waals surface area contributed by atoms with Gasteiger partial charge in [0, 0.05) is 5.69 Å². The van der Waals surface area contributed by atoms with Gasteiger partial charge in [-0.1, -0.05) is 0 Å². The molecule has 0 fully saturated rings. The molecule has 2 rings (SSSR count). The number of esters is 1.